The number of allylic oxidation sites excluding steroid dienone is 2. The van der Waals surface area contributed by atoms with E-state index in [2.05, 4.69) is 11.9 Å². The quantitative estimate of drug-likeness (QED) is 0.589. The number of hydrogen-bond acceptors (Lipinski definition) is 2. The van der Waals surface area contributed by atoms with Crippen LogP contribution in [0.25, 0.3) is 0 Å². The van der Waals surface area contributed by atoms with E-state index in [0.717, 1.165) is 25.8 Å². The molecule has 1 aromatic heterocycles. The molecular weight excluding hydrogens is 212 g/mol. The van der Waals surface area contributed by atoms with Gasteiger partial charge in [-0.1, -0.05) is 18.9 Å². The Labute approximate surface area is 103 Å². The molecule has 1 saturated carbocycles. The number of carbonyl (C=O) groups excluding carboxylic acids is 1. The van der Waals surface area contributed by atoms with Crippen molar-refractivity contribution in [2.45, 2.75) is 52.0 Å². The summed E-state index contributed by atoms with van der Waals surface area (Å²) in [4.78, 5) is 16.3. The normalized spacial score (nSPS) is 15.9. The third-order valence-corrected chi connectivity index (χ3v) is 3.23. The maximum absolute atomic E-state index is 12.1. The molecule has 1 aromatic rings. The van der Waals surface area contributed by atoms with Gasteiger partial charge in [-0.05, 0) is 38.2 Å². The second kappa shape index (κ2) is 5.80. The lowest BCUT2D eigenvalue weighted by Crippen LogP contribution is -2.09. The SMILES string of the molecule is CCCn1ccnc1C(=O)C=C1CCCCC1. The van der Waals surface area contributed by atoms with Crippen molar-refractivity contribution in [3.05, 3.63) is 29.9 Å². The molecular formula is C14H20N2O. The zero-order valence-electron chi connectivity index (χ0n) is 10.5. The molecule has 1 fully saturated rings. The van der Waals surface area contributed by atoms with Gasteiger partial charge in [0.1, 0.15) is 0 Å². The Morgan fingerprint density at radius 3 is 2.88 bits per heavy atom. The van der Waals surface area contributed by atoms with Crippen LogP contribution in [0.3, 0.4) is 0 Å². The van der Waals surface area contributed by atoms with Crippen LogP contribution in [0, 0.1) is 0 Å². The summed E-state index contributed by atoms with van der Waals surface area (Å²) < 4.78 is 1.95. The number of imidazole rings is 1. The first-order chi connectivity index (χ1) is 8.31. The van der Waals surface area contributed by atoms with E-state index < -0.39 is 0 Å². The average molecular weight is 232 g/mol. The molecule has 0 aliphatic heterocycles. The summed E-state index contributed by atoms with van der Waals surface area (Å²) in [6, 6.07) is 0. The van der Waals surface area contributed by atoms with Crippen LogP contribution in [0.5, 0.6) is 0 Å². The summed E-state index contributed by atoms with van der Waals surface area (Å²) in [6.45, 7) is 2.97. The van der Waals surface area contributed by atoms with E-state index in [1.165, 1.54) is 24.8 Å². The molecule has 3 heteroatoms. The lowest BCUT2D eigenvalue weighted by Gasteiger charge is -2.13. The predicted molar refractivity (Wildman–Crippen MR) is 68.0 cm³/mol. The standard InChI is InChI=1S/C14H20N2O/c1-2-9-16-10-8-15-14(16)13(17)11-12-6-4-3-5-7-12/h8,10-11H,2-7,9H2,1H3. The zero-order valence-corrected chi connectivity index (χ0v) is 10.5. The van der Waals surface area contributed by atoms with Crippen LogP contribution in [0.1, 0.15) is 56.1 Å². The summed E-state index contributed by atoms with van der Waals surface area (Å²) in [5.41, 5.74) is 1.30. The topological polar surface area (TPSA) is 34.9 Å². The van der Waals surface area contributed by atoms with Gasteiger partial charge in [-0.3, -0.25) is 4.79 Å². The van der Waals surface area contributed by atoms with E-state index in [9.17, 15) is 4.79 Å². The van der Waals surface area contributed by atoms with Crippen LogP contribution >= 0.6 is 0 Å². The van der Waals surface area contributed by atoms with E-state index in [1.54, 1.807) is 6.20 Å². The largest absolute Gasteiger partial charge is 0.328 e. The minimum Gasteiger partial charge on any atom is -0.328 e. The fraction of sp³-hybridized carbons (Fsp3) is 0.571. The molecule has 1 aliphatic carbocycles. The third kappa shape index (κ3) is 3.05. The van der Waals surface area contributed by atoms with Crippen LogP contribution in [0.4, 0.5) is 0 Å². The maximum atomic E-state index is 12.1. The highest BCUT2D eigenvalue weighted by molar-refractivity contribution is 6.02. The van der Waals surface area contributed by atoms with Crippen molar-refractivity contribution in [1.82, 2.24) is 9.55 Å². The molecule has 3 nitrogen and oxygen atoms in total. The van der Waals surface area contributed by atoms with Gasteiger partial charge in [0.05, 0.1) is 0 Å². The molecule has 92 valence electrons. The molecule has 0 radical (unpaired) electrons. The van der Waals surface area contributed by atoms with E-state index in [4.69, 9.17) is 0 Å². The van der Waals surface area contributed by atoms with Crippen LogP contribution in [-0.4, -0.2) is 15.3 Å². The minimum atomic E-state index is 0.0698. The Balaban J connectivity index is 2.10. The van der Waals surface area contributed by atoms with Gasteiger partial charge in [0, 0.05) is 18.9 Å². The summed E-state index contributed by atoms with van der Waals surface area (Å²) >= 11 is 0. The monoisotopic (exact) mass is 232 g/mol. The maximum Gasteiger partial charge on any atom is 0.221 e. The Morgan fingerprint density at radius 2 is 2.18 bits per heavy atom. The smallest absolute Gasteiger partial charge is 0.221 e. The van der Waals surface area contributed by atoms with E-state index in [1.807, 2.05) is 16.8 Å². The summed E-state index contributed by atoms with van der Waals surface area (Å²) in [6.07, 6.45) is 12.3. The van der Waals surface area contributed by atoms with Crippen molar-refractivity contribution >= 4 is 5.78 Å². The first-order valence-electron chi connectivity index (χ1n) is 6.56. The fourth-order valence-electron chi connectivity index (χ4n) is 2.36. The van der Waals surface area contributed by atoms with Gasteiger partial charge in [-0.15, -0.1) is 0 Å². The van der Waals surface area contributed by atoms with Crippen LogP contribution in [0.15, 0.2) is 24.0 Å². The summed E-state index contributed by atoms with van der Waals surface area (Å²) in [5.74, 6) is 0.658. The molecule has 0 amide bonds. The van der Waals surface area contributed by atoms with E-state index >= 15 is 0 Å². The summed E-state index contributed by atoms with van der Waals surface area (Å²) in [5, 5.41) is 0. The van der Waals surface area contributed by atoms with Crippen molar-refractivity contribution in [2.24, 2.45) is 0 Å². The van der Waals surface area contributed by atoms with Gasteiger partial charge < -0.3 is 4.57 Å². The highest BCUT2D eigenvalue weighted by atomic mass is 16.1. The molecule has 1 aliphatic rings. The van der Waals surface area contributed by atoms with Gasteiger partial charge in [0.25, 0.3) is 0 Å². The second-order valence-electron chi connectivity index (χ2n) is 4.67. The molecule has 0 atom stereocenters. The lowest BCUT2D eigenvalue weighted by molar-refractivity contribution is 0.103. The second-order valence-corrected chi connectivity index (χ2v) is 4.67. The Morgan fingerprint density at radius 1 is 1.41 bits per heavy atom. The number of rotatable bonds is 4. The number of carbonyl (C=O) groups is 1. The predicted octanol–water partition coefficient (Wildman–Crippen LogP) is 3.37. The molecule has 0 unspecified atom stereocenters. The Bertz CT molecular complexity index is 410. The third-order valence-electron chi connectivity index (χ3n) is 3.23. The lowest BCUT2D eigenvalue weighted by atomic mass is 9.94. The molecule has 0 saturated heterocycles. The van der Waals surface area contributed by atoms with Gasteiger partial charge in [0.15, 0.2) is 5.82 Å². The first kappa shape index (κ1) is 12.1. The Hall–Kier alpha value is -1.38. The van der Waals surface area contributed by atoms with Crippen molar-refractivity contribution in [1.29, 1.82) is 0 Å². The van der Waals surface area contributed by atoms with Crippen LogP contribution in [0.2, 0.25) is 0 Å². The van der Waals surface area contributed by atoms with Crippen LogP contribution < -0.4 is 0 Å². The minimum absolute atomic E-state index is 0.0698. The summed E-state index contributed by atoms with van der Waals surface area (Å²) in [7, 11) is 0. The van der Waals surface area contributed by atoms with Gasteiger partial charge >= 0.3 is 0 Å². The first-order valence-corrected chi connectivity index (χ1v) is 6.56. The number of hydrogen-bond donors (Lipinski definition) is 0. The molecule has 0 aromatic carbocycles. The van der Waals surface area contributed by atoms with Crippen molar-refractivity contribution in [3.8, 4) is 0 Å². The Kier molecular flexibility index (Phi) is 4.13. The fourth-order valence-corrected chi connectivity index (χ4v) is 2.36. The van der Waals surface area contributed by atoms with Gasteiger partial charge in [-0.25, -0.2) is 4.98 Å². The molecule has 0 N–H and O–H groups in total. The van der Waals surface area contributed by atoms with E-state index in [0.29, 0.717) is 5.82 Å². The molecule has 1 heterocycles. The van der Waals surface area contributed by atoms with Crippen molar-refractivity contribution in [2.75, 3.05) is 0 Å². The number of aryl methyl sites for hydroxylation is 1. The number of nitrogens with zero attached hydrogens (tertiary/aromatic N) is 2. The van der Waals surface area contributed by atoms with Gasteiger partial charge in [0.2, 0.25) is 5.78 Å². The molecule has 0 bridgehead atoms. The van der Waals surface area contributed by atoms with Crippen molar-refractivity contribution < 1.29 is 4.79 Å². The van der Waals surface area contributed by atoms with Crippen molar-refractivity contribution in [3.63, 3.8) is 0 Å². The molecule has 17 heavy (non-hydrogen) atoms. The number of aromatic nitrogens is 2. The molecule has 0 spiro atoms. The highest BCUT2D eigenvalue weighted by Crippen LogP contribution is 2.23. The molecule has 2 rings (SSSR count). The van der Waals surface area contributed by atoms with Gasteiger partial charge in [-0.2, -0.15) is 0 Å². The zero-order chi connectivity index (χ0) is 12.1. The average Bonchev–Trinajstić information content (AvgIpc) is 2.79. The van der Waals surface area contributed by atoms with Crippen LogP contribution in [-0.2, 0) is 6.54 Å². The number of ketones is 1. The van der Waals surface area contributed by atoms with E-state index in [-0.39, 0.29) is 5.78 Å². The highest BCUT2D eigenvalue weighted by Gasteiger charge is 2.12.